The lowest BCUT2D eigenvalue weighted by molar-refractivity contribution is 0.288. The van der Waals surface area contributed by atoms with Gasteiger partial charge in [-0.2, -0.15) is 4.57 Å². The van der Waals surface area contributed by atoms with Gasteiger partial charge in [-0.1, -0.05) is 205 Å². The highest BCUT2D eigenvalue weighted by atomic mass is 31.2. The zero-order valence-electron chi connectivity index (χ0n) is 43.0. The van der Waals surface area contributed by atoms with Gasteiger partial charge in [0.2, 0.25) is 0 Å². The molecule has 0 heterocycles. The molecule has 3 rings (SSSR count). The molecule has 0 amide bonds. The average Bonchev–Trinajstić information content (AvgIpc) is 2.95. The maximum Gasteiger partial charge on any atom is 0.647 e. The zero-order valence-corrected chi connectivity index (χ0v) is 43.9. The van der Waals surface area contributed by atoms with Crippen molar-refractivity contribution >= 4 is 7.82 Å². The summed E-state index contributed by atoms with van der Waals surface area (Å²) in [5, 5.41) is 0. The highest BCUT2D eigenvalue weighted by Gasteiger charge is 2.44. The topological polar surface area (TPSA) is 44.8 Å². The summed E-state index contributed by atoms with van der Waals surface area (Å²) in [6.45, 7) is 60.5. The van der Waals surface area contributed by atoms with Gasteiger partial charge in [0.25, 0.3) is 0 Å². The minimum atomic E-state index is -4.56. The van der Waals surface area contributed by atoms with E-state index < -0.39 is 7.82 Å². The lowest BCUT2D eigenvalue weighted by Gasteiger charge is -2.39. The van der Waals surface area contributed by atoms with Crippen LogP contribution >= 0.6 is 7.82 Å². The van der Waals surface area contributed by atoms with Gasteiger partial charge < -0.3 is 13.6 Å². The van der Waals surface area contributed by atoms with E-state index in [9.17, 15) is 0 Å². The van der Waals surface area contributed by atoms with Crippen LogP contribution in [-0.4, -0.2) is 0 Å². The van der Waals surface area contributed by atoms with Crippen LogP contribution < -0.4 is 13.6 Å². The van der Waals surface area contributed by atoms with Crippen LogP contribution in [0.25, 0.3) is 0 Å². The Morgan fingerprint density at radius 2 is 0.441 bits per heavy atom. The molecule has 3 aromatic carbocycles. The monoisotopic (exact) mass is 831 g/mol. The molecule has 0 saturated heterocycles. The molecule has 0 unspecified atom stereocenters. The number of hydrogen-bond acceptors (Lipinski definition) is 4. The molecule has 5 heteroatoms. The van der Waals surface area contributed by atoms with E-state index in [1.807, 2.05) is 18.2 Å². The van der Waals surface area contributed by atoms with Crippen molar-refractivity contribution in [3.8, 4) is 17.2 Å². The summed E-state index contributed by atoms with van der Waals surface area (Å²) in [7, 11) is -4.56. The summed E-state index contributed by atoms with van der Waals surface area (Å²) in [5.74, 6) is 1.54. The van der Waals surface area contributed by atoms with Crippen molar-refractivity contribution < 1.29 is 18.1 Å². The standard InChI is InChI=1S/C54H87O4P/c1-46(2,3)34-28-31-37(43(52(19,20)21)40(34)49(10,11)12)56-59(55,57-38-32-29-35(47(4,5)6)41(50(13,14)15)44(38)53(22,23)24)58-39-33-30-36(48(7,8)9)42(51(16,17)18)45(39)54(25,26)27/h28-33H,1-27H3. The predicted molar refractivity (Wildman–Crippen MR) is 257 cm³/mol. The van der Waals surface area contributed by atoms with Crippen molar-refractivity contribution in [2.45, 2.75) is 236 Å². The van der Waals surface area contributed by atoms with Crippen molar-refractivity contribution in [2.24, 2.45) is 0 Å². The second-order valence-corrected chi connectivity index (χ2v) is 28.0. The third-order valence-electron chi connectivity index (χ3n) is 11.1. The van der Waals surface area contributed by atoms with Crippen LogP contribution in [0.2, 0.25) is 0 Å². The Balaban J connectivity index is 2.67. The van der Waals surface area contributed by atoms with Gasteiger partial charge in [0.05, 0.1) is 0 Å². The maximum atomic E-state index is 16.4. The van der Waals surface area contributed by atoms with Crippen LogP contribution in [0.15, 0.2) is 36.4 Å². The summed E-state index contributed by atoms with van der Waals surface area (Å²) < 4.78 is 37.6. The average molecular weight is 831 g/mol. The first kappa shape index (κ1) is 50.6. The minimum absolute atomic E-state index is 0.141. The normalized spacial score (nSPS) is 14.4. The first-order valence-electron chi connectivity index (χ1n) is 22.1. The fourth-order valence-electron chi connectivity index (χ4n) is 8.84. The molecular weight excluding hydrogens is 744 g/mol. The predicted octanol–water partition coefficient (Wildman–Crippen LogP) is 17.0. The number of phosphoric acid groups is 1. The molecule has 0 N–H and O–H groups in total. The van der Waals surface area contributed by atoms with E-state index in [1.165, 1.54) is 33.4 Å². The maximum absolute atomic E-state index is 16.4. The number of phosphoric ester groups is 1. The second kappa shape index (κ2) is 15.6. The van der Waals surface area contributed by atoms with Crippen LogP contribution in [-0.2, 0) is 53.3 Å². The Kier molecular flexibility index (Phi) is 13.4. The molecule has 4 nitrogen and oxygen atoms in total. The summed E-state index contributed by atoms with van der Waals surface area (Å²) in [6, 6.07) is 12.5. The molecule has 0 fully saturated rings. The highest BCUT2D eigenvalue weighted by molar-refractivity contribution is 7.49. The molecule has 3 aromatic rings. The molecule has 0 saturated carbocycles. The van der Waals surface area contributed by atoms with Crippen molar-refractivity contribution in [2.75, 3.05) is 0 Å². The third-order valence-corrected chi connectivity index (χ3v) is 12.3. The van der Waals surface area contributed by atoms with Gasteiger partial charge >= 0.3 is 7.82 Å². The summed E-state index contributed by atoms with van der Waals surface area (Å²) in [5.41, 5.74) is 8.04. The largest absolute Gasteiger partial charge is 0.647 e. The smallest absolute Gasteiger partial charge is 0.386 e. The SMILES string of the molecule is CC(C)(C)c1ccc(OP(=O)(Oc2ccc(C(C)(C)C)c(C(C)(C)C)c2C(C)(C)C)Oc2ccc(C(C)(C)C)c(C(C)(C)C)c2C(C)(C)C)c(C(C)(C)C)c1C(C)(C)C. The van der Waals surface area contributed by atoms with Gasteiger partial charge in [0.15, 0.2) is 0 Å². The van der Waals surface area contributed by atoms with Crippen molar-refractivity contribution in [1.82, 2.24) is 0 Å². The van der Waals surface area contributed by atoms with Gasteiger partial charge in [-0.3, -0.25) is 0 Å². The van der Waals surface area contributed by atoms with Crippen LogP contribution in [0.1, 0.15) is 237 Å². The van der Waals surface area contributed by atoms with Gasteiger partial charge in [-0.25, -0.2) is 0 Å². The first-order chi connectivity index (χ1) is 25.8. The zero-order chi connectivity index (χ0) is 46.3. The summed E-state index contributed by atoms with van der Waals surface area (Å²) >= 11 is 0. The second-order valence-electron chi connectivity index (χ2n) is 26.6. The van der Waals surface area contributed by atoms with Gasteiger partial charge in [-0.15, -0.1) is 0 Å². The lowest BCUT2D eigenvalue weighted by atomic mass is 9.68. The Hall–Kier alpha value is -2.71. The number of hydrogen-bond donors (Lipinski definition) is 0. The van der Waals surface area contributed by atoms with Crippen molar-refractivity contribution in [1.29, 1.82) is 0 Å². The van der Waals surface area contributed by atoms with Gasteiger partial charge in [0.1, 0.15) is 17.2 Å². The molecular formula is C54H87O4P. The van der Waals surface area contributed by atoms with Crippen LogP contribution in [0.5, 0.6) is 17.2 Å². The lowest BCUT2D eigenvalue weighted by Crippen LogP contribution is -2.30. The Labute approximate surface area is 364 Å². The molecule has 0 aliphatic rings. The third kappa shape index (κ3) is 11.4. The van der Waals surface area contributed by atoms with E-state index in [0.717, 1.165) is 16.7 Å². The highest BCUT2D eigenvalue weighted by Crippen LogP contribution is 2.58. The van der Waals surface area contributed by atoms with Crippen LogP contribution in [0.3, 0.4) is 0 Å². The molecule has 0 aromatic heterocycles. The Morgan fingerprint density at radius 1 is 0.271 bits per heavy atom. The van der Waals surface area contributed by atoms with Crippen LogP contribution in [0.4, 0.5) is 0 Å². The van der Waals surface area contributed by atoms with E-state index in [-0.39, 0.29) is 48.7 Å². The van der Waals surface area contributed by atoms with Crippen LogP contribution in [0, 0.1) is 0 Å². The minimum Gasteiger partial charge on any atom is -0.386 e. The molecule has 0 atom stereocenters. The number of rotatable bonds is 6. The van der Waals surface area contributed by atoms with Gasteiger partial charge in [-0.05, 0) is 100 Å². The molecule has 0 bridgehead atoms. The van der Waals surface area contributed by atoms with E-state index in [4.69, 9.17) is 13.6 Å². The summed E-state index contributed by atoms with van der Waals surface area (Å²) in [6.07, 6.45) is 0. The molecule has 0 aliphatic heterocycles. The fourth-order valence-corrected chi connectivity index (χ4v) is 10.1. The first-order valence-corrected chi connectivity index (χ1v) is 23.5. The van der Waals surface area contributed by atoms with Crippen molar-refractivity contribution in [3.05, 3.63) is 86.5 Å². The molecule has 0 aliphatic carbocycles. The quantitative estimate of drug-likeness (QED) is 0.232. The Bertz CT molecular complexity index is 1810. The Morgan fingerprint density at radius 3 is 0.576 bits per heavy atom. The van der Waals surface area contributed by atoms with E-state index in [2.05, 4.69) is 205 Å². The van der Waals surface area contributed by atoms with Gasteiger partial charge in [0, 0.05) is 16.7 Å². The van der Waals surface area contributed by atoms with E-state index >= 15 is 4.57 Å². The molecule has 332 valence electrons. The fraction of sp³-hybridized carbons (Fsp3) is 0.667. The molecule has 0 spiro atoms. The molecule has 0 radical (unpaired) electrons. The summed E-state index contributed by atoms with van der Waals surface area (Å²) in [4.78, 5) is 0. The van der Waals surface area contributed by atoms with Crippen molar-refractivity contribution in [3.63, 3.8) is 0 Å². The number of benzene rings is 3. The van der Waals surface area contributed by atoms with E-state index in [1.54, 1.807) is 0 Å². The molecule has 59 heavy (non-hydrogen) atoms. The van der Waals surface area contributed by atoms with E-state index in [0.29, 0.717) is 17.2 Å².